The van der Waals surface area contributed by atoms with Crippen LogP contribution in [0.25, 0.3) is 11.1 Å². The summed E-state index contributed by atoms with van der Waals surface area (Å²) in [5.41, 5.74) is -3.64. The third kappa shape index (κ3) is 11.7. The minimum absolute atomic E-state index is 0. The number of alkyl halides is 9. The maximum absolute atomic E-state index is 14.1. The smallest absolute Gasteiger partial charge is 0.550 e. The van der Waals surface area contributed by atoms with E-state index in [0.29, 0.717) is 23.3 Å². The molecule has 280 valence electrons. The van der Waals surface area contributed by atoms with Gasteiger partial charge in [-0.05, 0) is 84.5 Å². The van der Waals surface area contributed by atoms with Crippen LogP contribution in [-0.2, 0) is 41.1 Å². The van der Waals surface area contributed by atoms with Crippen LogP contribution >= 0.6 is 0 Å². The molecule has 1 unspecified atom stereocenters. The molecule has 0 aliphatic carbocycles. The SMILES string of the molecule is COc1ccc(C(C)OC)cc1-c1ccc(C(F)(F)F)cc1CN(Cc1cc(C(F)(F)F)cc(C(F)(F)F)c1)c1ncc(OCCCC(=O)[O-])cn1.[Na+]. The van der Waals surface area contributed by atoms with E-state index in [9.17, 15) is 49.4 Å². The van der Waals surface area contributed by atoms with Crippen LogP contribution < -0.4 is 49.0 Å². The van der Waals surface area contributed by atoms with Crippen molar-refractivity contribution in [2.45, 2.75) is 57.5 Å². The van der Waals surface area contributed by atoms with Gasteiger partial charge < -0.3 is 29.0 Å². The first-order valence-corrected chi connectivity index (χ1v) is 15.4. The Kier molecular flexibility index (Phi) is 14.6. The average Bonchev–Trinajstić information content (AvgIpc) is 3.08. The van der Waals surface area contributed by atoms with E-state index in [1.807, 2.05) is 0 Å². The molecular weight excluding hydrogens is 736 g/mol. The second kappa shape index (κ2) is 17.8. The molecule has 0 fully saturated rings. The zero-order chi connectivity index (χ0) is 38.4. The molecule has 0 amide bonds. The van der Waals surface area contributed by atoms with Crippen molar-refractivity contribution in [3.05, 3.63) is 100 Å². The predicted octanol–water partition coefficient (Wildman–Crippen LogP) is 5.04. The first kappa shape index (κ1) is 43.3. The minimum Gasteiger partial charge on any atom is -0.550 e. The van der Waals surface area contributed by atoms with E-state index in [0.717, 1.165) is 29.4 Å². The number of aromatic nitrogens is 2. The fourth-order valence-corrected chi connectivity index (χ4v) is 5.18. The van der Waals surface area contributed by atoms with Crippen molar-refractivity contribution < 1.29 is 93.2 Å². The van der Waals surface area contributed by atoms with Crippen molar-refractivity contribution in [3.63, 3.8) is 0 Å². The Balaban J connectivity index is 0.00000756. The molecule has 1 heterocycles. The van der Waals surface area contributed by atoms with E-state index in [2.05, 4.69) is 9.97 Å². The van der Waals surface area contributed by atoms with Crippen LogP contribution in [0.15, 0.2) is 67.0 Å². The Morgan fingerprint density at radius 2 is 1.40 bits per heavy atom. The fourth-order valence-electron chi connectivity index (χ4n) is 5.18. The van der Waals surface area contributed by atoms with Gasteiger partial charge in [-0.2, -0.15) is 39.5 Å². The zero-order valence-electron chi connectivity index (χ0n) is 28.7. The summed E-state index contributed by atoms with van der Waals surface area (Å²) in [6.45, 7) is 0.392. The third-order valence-electron chi connectivity index (χ3n) is 7.84. The first-order valence-electron chi connectivity index (χ1n) is 15.4. The molecule has 4 aromatic rings. The Morgan fingerprint density at radius 1 is 0.792 bits per heavy atom. The van der Waals surface area contributed by atoms with Crippen LogP contribution in [-0.4, -0.2) is 36.8 Å². The number of carboxylic acid groups (broad SMARTS) is 1. The van der Waals surface area contributed by atoms with Gasteiger partial charge in [-0.1, -0.05) is 12.1 Å². The number of nitrogens with zero attached hydrogens (tertiary/aromatic N) is 3. The summed E-state index contributed by atoms with van der Waals surface area (Å²) in [5.74, 6) is -1.30. The second-order valence-corrected chi connectivity index (χ2v) is 11.5. The number of anilines is 1. The monoisotopic (exact) mass is 767 g/mol. The largest absolute Gasteiger partial charge is 1.00 e. The van der Waals surface area contributed by atoms with E-state index in [-0.39, 0.29) is 83.6 Å². The summed E-state index contributed by atoms with van der Waals surface area (Å²) < 4.78 is 141. The van der Waals surface area contributed by atoms with E-state index in [1.165, 1.54) is 20.3 Å². The maximum atomic E-state index is 14.1. The van der Waals surface area contributed by atoms with Crippen molar-refractivity contribution in [1.29, 1.82) is 0 Å². The number of rotatable bonds is 14. The molecule has 0 aliphatic heterocycles. The van der Waals surface area contributed by atoms with Crippen LogP contribution in [0.5, 0.6) is 11.5 Å². The van der Waals surface area contributed by atoms with Crippen LogP contribution in [0.3, 0.4) is 0 Å². The summed E-state index contributed by atoms with van der Waals surface area (Å²) in [4.78, 5) is 20.1. The molecule has 0 spiro atoms. The number of carboxylic acids is 1. The summed E-state index contributed by atoms with van der Waals surface area (Å²) in [5, 5.41) is 10.7. The van der Waals surface area contributed by atoms with Gasteiger partial charge >= 0.3 is 48.1 Å². The molecule has 0 radical (unpaired) electrons. The molecule has 0 saturated heterocycles. The van der Waals surface area contributed by atoms with Crippen molar-refractivity contribution in [2.24, 2.45) is 0 Å². The quantitative estimate of drug-likeness (QED) is 0.100. The molecule has 18 heteroatoms. The number of aliphatic carboxylic acids is 1. The molecule has 0 aliphatic rings. The molecular formula is C35H31F9N3NaO5. The molecule has 8 nitrogen and oxygen atoms in total. The number of ether oxygens (including phenoxy) is 3. The third-order valence-corrected chi connectivity index (χ3v) is 7.84. The van der Waals surface area contributed by atoms with Crippen molar-refractivity contribution >= 4 is 11.9 Å². The summed E-state index contributed by atoms with van der Waals surface area (Å²) in [7, 11) is 2.80. The van der Waals surface area contributed by atoms with Crippen molar-refractivity contribution in [3.8, 4) is 22.6 Å². The molecule has 4 rings (SSSR count). The molecule has 0 N–H and O–H groups in total. The van der Waals surface area contributed by atoms with E-state index in [4.69, 9.17) is 14.2 Å². The Bertz CT molecular complexity index is 1820. The van der Waals surface area contributed by atoms with E-state index >= 15 is 0 Å². The number of hydrogen-bond donors (Lipinski definition) is 0. The van der Waals surface area contributed by atoms with Gasteiger partial charge in [-0.25, -0.2) is 9.97 Å². The normalized spacial score (nSPS) is 12.5. The topological polar surface area (TPSA) is 96.8 Å². The average molecular weight is 768 g/mol. The van der Waals surface area contributed by atoms with Crippen LogP contribution in [0, 0.1) is 0 Å². The number of methoxy groups -OCH3 is 2. The fraction of sp³-hybridized carbons (Fsp3) is 0.343. The summed E-state index contributed by atoms with van der Waals surface area (Å²) in [6, 6.07) is 8.70. The molecule has 0 bridgehead atoms. The van der Waals surface area contributed by atoms with Gasteiger partial charge in [0.15, 0.2) is 5.75 Å². The standard InChI is InChI=1S/C35H32F9N3O5.Na/c1-20(50-2)22-6-9-30(51-3)29(14-22)28-8-7-24(33(36,37)38)13-23(28)19-47(32-45-16-27(17-46-32)52-10-4-5-31(48)49)18-21-11-25(34(39,40)41)15-26(12-21)35(42,43)44;/h6-9,11-17,20H,4-5,10,18-19H2,1-3H3,(H,48,49);/q;+1/p-1. The van der Waals surface area contributed by atoms with Gasteiger partial charge in [0.25, 0.3) is 0 Å². The molecule has 3 aromatic carbocycles. The van der Waals surface area contributed by atoms with Gasteiger partial charge in [0.2, 0.25) is 5.95 Å². The minimum atomic E-state index is -5.16. The first-order chi connectivity index (χ1) is 24.3. The summed E-state index contributed by atoms with van der Waals surface area (Å²) in [6.07, 6.45) is -13.6. The number of carbonyl (C=O) groups excluding carboxylic acids is 1. The van der Waals surface area contributed by atoms with Gasteiger partial charge in [-0.15, -0.1) is 0 Å². The van der Waals surface area contributed by atoms with Gasteiger partial charge in [0, 0.05) is 31.7 Å². The van der Waals surface area contributed by atoms with Crippen molar-refractivity contribution in [2.75, 3.05) is 25.7 Å². The second-order valence-electron chi connectivity index (χ2n) is 11.5. The number of benzene rings is 3. The van der Waals surface area contributed by atoms with E-state index in [1.54, 1.807) is 25.1 Å². The summed E-state index contributed by atoms with van der Waals surface area (Å²) >= 11 is 0. The Hall–Kier alpha value is -4.06. The van der Waals surface area contributed by atoms with E-state index < -0.39 is 65.9 Å². The van der Waals surface area contributed by atoms with Crippen molar-refractivity contribution in [1.82, 2.24) is 9.97 Å². The maximum Gasteiger partial charge on any atom is 1.00 e. The molecule has 1 atom stereocenters. The van der Waals surface area contributed by atoms with Gasteiger partial charge in [-0.3, -0.25) is 0 Å². The number of halogens is 9. The number of hydrogen-bond acceptors (Lipinski definition) is 8. The Labute approximate surface area is 320 Å². The predicted molar refractivity (Wildman–Crippen MR) is 167 cm³/mol. The van der Waals surface area contributed by atoms with Crippen LogP contribution in [0.4, 0.5) is 45.5 Å². The molecule has 1 aromatic heterocycles. The molecule has 0 saturated carbocycles. The van der Waals surface area contributed by atoms with Crippen LogP contribution in [0.2, 0.25) is 0 Å². The molecule has 53 heavy (non-hydrogen) atoms. The van der Waals surface area contributed by atoms with Gasteiger partial charge in [0.1, 0.15) is 5.75 Å². The van der Waals surface area contributed by atoms with Gasteiger partial charge in [0.05, 0.1) is 48.9 Å². The number of carbonyl (C=O) groups is 1. The zero-order valence-corrected chi connectivity index (χ0v) is 30.7. The van der Waals surface area contributed by atoms with Crippen LogP contribution in [0.1, 0.15) is 59.3 Å². The Morgan fingerprint density at radius 3 is 1.92 bits per heavy atom.